The van der Waals surface area contributed by atoms with Crippen LogP contribution in [0.3, 0.4) is 0 Å². The molecule has 0 radical (unpaired) electrons. The van der Waals surface area contributed by atoms with Gasteiger partial charge in [0.2, 0.25) is 0 Å². The zero-order chi connectivity index (χ0) is 11.1. The summed E-state index contributed by atoms with van der Waals surface area (Å²) in [6.45, 7) is 2.93. The third-order valence-corrected chi connectivity index (χ3v) is 2.49. The zero-order valence-electron chi connectivity index (χ0n) is 9.44. The van der Waals surface area contributed by atoms with Gasteiger partial charge in [0.05, 0.1) is 0 Å². The molecule has 0 heterocycles. The molecule has 0 aliphatic carbocycles. The van der Waals surface area contributed by atoms with Crippen LogP contribution < -0.4 is 11.3 Å². The molecular formula is C12H20N2O. The van der Waals surface area contributed by atoms with Crippen LogP contribution in [-0.4, -0.2) is 13.7 Å². The van der Waals surface area contributed by atoms with Crippen molar-refractivity contribution < 1.29 is 4.74 Å². The van der Waals surface area contributed by atoms with Crippen LogP contribution in [-0.2, 0) is 4.74 Å². The van der Waals surface area contributed by atoms with E-state index in [1.54, 1.807) is 7.11 Å². The van der Waals surface area contributed by atoms with E-state index in [0.29, 0.717) is 5.92 Å². The van der Waals surface area contributed by atoms with E-state index >= 15 is 0 Å². The summed E-state index contributed by atoms with van der Waals surface area (Å²) in [6, 6.07) is 10.4. The average molecular weight is 208 g/mol. The van der Waals surface area contributed by atoms with E-state index in [9.17, 15) is 0 Å². The molecule has 1 rings (SSSR count). The zero-order valence-corrected chi connectivity index (χ0v) is 9.44. The molecule has 1 aromatic rings. The van der Waals surface area contributed by atoms with Crippen LogP contribution in [0.4, 0.5) is 0 Å². The largest absolute Gasteiger partial charge is 0.384 e. The highest BCUT2D eigenvalue weighted by Crippen LogP contribution is 2.20. The van der Waals surface area contributed by atoms with Crippen molar-refractivity contribution in [2.75, 3.05) is 13.7 Å². The molecule has 0 aliphatic rings. The van der Waals surface area contributed by atoms with Gasteiger partial charge in [0, 0.05) is 19.8 Å². The van der Waals surface area contributed by atoms with E-state index < -0.39 is 0 Å². The van der Waals surface area contributed by atoms with Gasteiger partial charge in [-0.1, -0.05) is 37.3 Å². The number of nitrogens with two attached hydrogens (primary N) is 1. The fourth-order valence-electron chi connectivity index (χ4n) is 1.74. The second-order valence-electron chi connectivity index (χ2n) is 3.93. The van der Waals surface area contributed by atoms with Crippen molar-refractivity contribution in [1.29, 1.82) is 0 Å². The van der Waals surface area contributed by atoms with Gasteiger partial charge in [-0.2, -0.15) is 0 Å². The molecular weight excluding hydrogens is 188 g/mol. The summed E-state index contributed by atoms with van der Waals surface area (Å²) in [4.78, 5) is 0. The van der Waals surface area contributed by atoms with Crippen LogP contribution in [0, 0.1) is 5.92 Å². The maximum atomic E-state index is 5.56. The summed E-state index contributed by atoms with van der Waals surface area (Å²) in [5, 5.41) is 0. The Hall–Kier alpha value is -0.900. The molecule has 3 nitrogen and oxygen atoms in total. The first kappa shape index (κ1) is 12.2. The van der Waals surface area contributed by atoms with Crippen molar-refractivity contribution in [3.8, 4) is 0 Å². The number of hydrogen-bond acceptors (Lipinski definition) is 3. The minimum atomic E-state index is 0.205. The van der Waals surface area contributed by atoms with Gasteiger partial charge < -0.3 is 4.74 Å². The monoisotopic (exact) mass is 208 g/mol. The van der Waals surface area contributed by atoms with E-state index in [2.05, 4.69) is 24.5 Å². The normalized spacial score (nSPS) is 14.9. The van der Waals surface area contributed by atoms with E-state index in [1.807, 2.05) is 18.2 Å². The summed E-state index contributed by atoms with van der Waals surface area (Å²) >= 11 is 0. The third kappa shape index (κ3) is 4.00. The number of rotatable bonds is 6. The molecule has 0 bridgehead atoms. The van der Waals surface area contributed by atoms with Crippen molar-refractivity contribution in [1.82, 2.24) is 5.43 Å². The fourth-order valence-corrected chi connectivity index (χ4v) is 1.74. The van der Waals surface area contributed by atoms with Crippen LogP contribution in [0.5, 0.6) is 0 Å². The Morgan fingerprint density at radius 1 is 1.33 bits per heavy atom. The lowest BCUT2D eigenvalue weighted by molar-refractivity contribution is 0.149. The molecule has 0 spiro atoms. The summed E-state index contributed by atoms with van der Waals surface area (Å²) in [7, 11) is 1.73. The summed E-state index contributed by atoms with van der Waals surface area (Å²) in [5.74, 6) is 6.05. The highest BCUT2D eigenvalue weighted by molar-refractivity contribution is 5.18. The number of benzene rings is 1. The summed E-state index contributed by atoms with van der Waals surface area (Å²) in [6.07, 6.45) is 0.981. The molecule has 0 aliphatic heterocycles. The molecule has 1 aromatic carbocycles. The molecule has 84 valence electrons. The number of methoxy groups -OCH3 is 1. The van der Waals surface area contributed by atoms with E-state index in [0.717, 1.165) is 13.0 Å². The van der Waals surface area contributed by atoms with Crippen molar-refractivity contribution in [2.45, 2.75) is 19.4 Å². The summed E-state index contributed by atoms with van der Waals surface area (Å²) in [5.41, 5.74) is 4.08. The minimum absolute atomic E-state index is 0.205. The van der Waals surface area contributed by atoms with Crippen molar-refractivity contribution in [2.24, 2.45) is 11.8 Å². The Morgan fingerprint density at radius 2 is 2.00 bits per heavy atom. The molecule has 15 heavy (non-hydrogen) atoms. The Kier molecular flexibility index (Phi) is 5.32. The summed E-state index contributed by atoms with van der Waals surface area (Å²) < 4.78 is 5.12. The maximum Gasteiger partial charge on any atom is 0.0488 e. The highest BCUT2D eigenvalue weighted by Gasteiger charge is 2.13. The molecule has 0 saturated heterocycles. The SMILES string of the molecule is COCC(C)CC(NN)c1ccccc1. The average Bonchev–Trinajstić information content (AvgIpc) is 2.27. The predicted molar refractivity (Wildman–Crippen MR) is 62.2 cm³/mol. The van der Waals surface area contributed by atoms with E-state index in [1.165, 1.54) is 5.56 Å². The molecule has 2 unspecified atom stereocenters. The van der Waals surface area contributed by atoms with Crippen LogP contribution in [0.1, 0.15) is 24.9 Å². The predicted octanol–water partition coefficient (Wildman–Crippen LogP) is 1.86. The van der Waals surface area contributed by atoms with Gasteiger partial charge in [0.25, 0.3) is 0 Å². The number of hydrogen-bond donors (Lipinski definition) is 2. The number of hydrazine groups is 1. The lowest BCUT2D eigenvalue weighted by atomic mass is 9.97. The van der Waals surface area contributed by atoms with Gasteiger partial charge in [0.1, 0.15) is 0 Å². The molecule has 0 amide bonds. The smallest absolute Gasteiger partial charge is 0.0488 e. The van der Waals surface area contributed by atoms with Gasteiger partial charge in [0.15, 0.2) is 0 Å². The van der Waals surface area contributed by atoms with Crippen LogP contribution in [0.25, 0.3) is 0 Å². The Bertz CT molecular complexity index is 264. The topological polar surface area (TPSA) is 47.3 Å². The fraction of sp³-hybridized carbons (Fsp3) is 0.500. The second kappa shape index (κ2) is 6.56. The Balaban J connectivity index is 2.56. The van der Waals surface area contributed by atoms with Gasteiger partial charge in [-0.05, 0) is 17.9 Å². The van der Waals surface area contributed by atoms with Gasteiger partial charge in [-0.3, -0.25) is 11.3 Å². The Morgan fingerprint density at radius 3 is 2.53 bits per heavy atom. The maximum absolute atomic E-state index is 5.56. The Labute approximate surface area is 91.6 Å². The molecule has 0 aromatic heterocycles. The quantitative estimate of drug-likeness (QED) is 0.554. The van der Waals surface area contributed by atoms with Crippen molar-refractivity contribution in [3.63, 3.8) is 0 Å². The van der Waals surface area contributed by atoms with Crippen LogP contribution in [0.2, 0.25) is 0 Å². The second-order valence-corrected chi connectivity index (χ2v) is 3.93. The van der Waals surface area contributed by atoms with Crippen molar-refractivity contribution >= 4 is 0 Å². The first-order valence-electron chi connectivity index (χ1n) is 5.28. The molecule has 0 fully saturated rings. The van der Waals surface area contributed by atoms with Crippen LogP contribution >= 0.6 is 0 Å². The van der Waals surface area contributed by atoms with E-state index in [-0.39, 0.29) is 6.04 Å². The standard InChI is InChI=1S/C12H20N2O/c1-10(9-15-2)8-12(14-13)11-6-4-3-5-7-11/h3-7,10,12,14H,8-9,13H2,1-2H3. The highest BCUT2D eigenvalue weighted by atomic mass is 16.5. The van der Waals surface area contributed by atoms with Gasteiger partial charge in [-0.25, -0.2) is 0 Å². The van der Waals surface area contributed by atoms with Gasteiger partial charge in [-0.15, -0.1) is 0 Å². The first-order chi connectivity index (χ1) is 7.27. The number of nitrogens with one attached hydrogen (secondary N) is 1. The first-order valence-corrected chi connectivity index (χ1v) is 5.28. The minimum Gasteiger partial charge on any atom is -0.384 e. The van der Waals surface area contributed by atoms with Crippen LogP contribution in [0.15, 0.2) is 30.3 Å². The van der Waals surface area contributed by atoms with E-state index in [4.69, 9.17) is 10.6 Å². The molecule has 0 saturated carbocycles. The molecule has 3 N–H and O–H groups in total. The molecule has 3 heteroatoms. The lowest BCUT2D eigenvalue weighted by Crippen LogP contribution is -2.30. The lowest BCUT2D eigenvalue weighted by Gasteiger charge is -2.20. The number of ether oxygens (including phenoxy) is 1. The molecule has 2 atom stereocenters. The van der Waals surface area contributed by atoms with Gasteiger partial charge >= 0.3 is 0 Å². The third-order valence-electron chi connectivity index (χ3n) is 2.49. The van der Waals surface area contributed by atoms with Crippen molar-refractivity contribution in [3.05, 3.63) is 35.9 Å².